The minimum atomic E-state index is -2.97. The molecule has 0 atom stereocenters. The van der Waals surface area contributed by atoms with Crippen LogP contribution in [0.2, 0.25) is 0 Å². The maximum atomic E-state index is 10.1. The van der Waals surface area contributed by atoms with E-state index in [1.165, 1.54) is 0 Å². The van der Waals surface area contributed by atoms with E-state index in [1.807, 2.05) is 0 Å². The molecule has 0 fully saturated rings. The van der Waals surface area contributed by atoms with E-state index in [-0.39, 0.29) is 46.6 Å². The van der Waals surface area contributed by atoms with Crippen LogP contribution < -0.4 is 44.9 Å². The molecule has 0 aliphatic carbocycles. The van der Waals surface area contributed by atoms with Gasteiger partial charge in [0.1, 0.15) is 5.60 Å². The molecular formula is C6H5CuNaO7. The third-order valence-corrected chi connectivity index (χ3v) is 1.25. The van der Waals surface area contributed by atoms with Crippen molar-refractivity contribution in [2.24, 2.45) is 0 Å². The first-order valence-corrected chi connectivity index (χ1v) is 3.11. The van der Waals surface area contributed by atoms with E-state index in [1.54, 1.807) is 0 Å². The first-order chi connectivity index (χ1) is 5.78. The van der Waals surface area contributed by atoms with E-state index in [9.17, 15) is 29.7 Å². The Balaban J connectivity index is -0.000000720. The van der Waals surface area contributed by atoms with E-state index in [0.29, 0.717) is 0 Å². The fraction of sp³-hybridized carbons (Fsp3) is 0.500. The van der Waals surface area contributed by atoms with Crippen LogP contribution >= 0.6 is 0 Å². The van der Waals surface area contributed by atoms with Crippen molar-refractivity contribution in [3.05, 3.63) is 0 Å². The van der Waals surface area contributed by atoms with Crippen LogP contribution in [0, 0.1) is 0 Å². The van der Waals surface area contributed by atoms with Crippen LogP contribution in [-0.2, 0) is 31.5 Å². The molecular weight excluding hydrogens is 271 g/mol. The summed E-state index contributed by atoms with van der Waals surface area (Å²) in [5, 5.41) is 38.9. The number of aliphatic hydroxyl groups is 1. The second-order valence-corrected chi connectivity index (χ2v) is 2.42. The van der Waals surface area contributed by atoms with Crippen molar-refractivity contribution in [1.82, 2.24) is 0 Å². The number of carbonyl (C=O) groups is 3. The van der Waals surface area contributed by atoms with Crippen LogP contribution in [0.25, 0.3) is 0 Å². The van der Waals surface area contributed by atoms with Gasteiger partial charge in [-0.2, -0.15) is 0 Å². The molecule has 0 aromatic heterocycles. The zero-order valence-corrected chi connectivity index (χ0v) is 10.6. The van der Waals surface area contributed by atoms with Gasteiger partial charge in [-0.1, -0.05) is 0 Å². The summed E-state index contributed by atoms with van der Waals surface area (Å²) >= 11 is 0. The smallest absolute Gasteiger partial charge is 0.550 e. The average Bonchev–Trinajstić information content (AvgIpc) is 1.82. The van der Waals surface area contributed by atoms with Crippen LogP contribution in [0.3, 0.4) is 0 Å². The number of hydrogen-bond acceptors (Lipinski definition) is 7. The zero-order valence-electron chi connectivity index (χ0n) is 7.61. The van der Waals surface area contributed by atoms with Crippen molar-refractivity contribution < 1.29 is 81.4 Å². The van der Waals surface area contributed by atoms with Gasteiger partial charge in [-0.05, 0) is 0 Å². The summed E-state index contributed by atoms with van der Waals surface area (Å²) in [6, 6.07) is 0. The molecule has 7 nitrogen and oxygen atoms in total. The number of hydrogen-bond donors (Lipinski definition) is 1. The Morgan fingerprint density at radius 1 is 1.00 bits per heavy atom. The van der Waals surface area contributed by atoms with Crippen molar-refractivity contribution in [2.45, 2.75) is 18.4 Å². The summed E-state index contributed by atoms with van der Waals surface area (Å²) in [7, 11) is 0. The van der Waals surface area contributed by atoms with Gasteiger partial charge in [-0.3, -0.25) is 0 Å². The van der Waals surface area contributed by atoms with Gasteiger partial charge in [0.2, 0.25) is 0 Å². The van der Waals surface area contributed by atoms with Crippen LogP contribution in [0.5, 0.6) is 0 Å². The molecule has 0 saturated heterocycles. The summed E-state index contributed by atoms with van der Waals surface area (Å²) in [4.78, 5) is 30.0. The van der Waals surface area contributed by atoms with Gasteiger partial charge in [0.15, 0.2) is 0 Å². The molecule has 0 amide bonds. The molecule has 0 aromatic carbocycles. The number of rotatable bonds is 5. The molecule has 1 N–H and O–H groups in total. The Bertz CT molecular complexity index is 238. The zero-order chi connectivity index (χ0) is 10.6. The number of carboxylic acid groups (broad SMARTS) is 3. The number of aliphatic carboxylic acids is 3. The molecule has 83 valence electrons. The Morgan fingerprint density at radius 2 is 1.27 bits per heavy atom. The SMILES string of the molecule is O=C([O-])CC(O)(CC(=O)[O-])C(=O)[O-].[Cu+2].[Na+]. The molecule has 0 spiro atoms. The van der Waals surface area contributed by atoms with Crippen molar-refractivity contribution in [2.75, 3.05) is 0 Å². The predicted octanol–water partition coefficient (Wildman–Crippen LogP) is -8.25. The van der Waals surface area contributed by atoms with Crippen LogP contribution in [0.1, 0.15) is 12.8 Å². The standard InChI is InChI=1S/C6H8O7.Cu.Na/c7-3(8)1-6(13,5(11)12)2-4(9)10;;/h13H,1-2H2,(H,7,8)(H,9,10)(H,11,12);;/q;+2;+1/p-3. The molecule has 9 heteroatoms. The average molecular weight is 276 g/mol. The molecule has 1 radical (unpaired) electrons. The molecule has 0 aromatic rings. The largest absolute Gasteiger partial charge is 2.00 e. The summed E-state index contributed by atoms with van der Waals surface area (Å²) in [6.07, 6.45) is -2.72. The van der Waals surface area contributed by atoms with Gasteiger partial charge in [0.05, 0.1) is 5.97 Å². The van der Waals surface area contributed by atoms with Crippen LogP contribution in [0.4, 0.5) is 0 Å². The second-order valence-electron chi connectivity index (χ2n) is 2.42. The van der Waals surface area contributed by atoms with E-state index < -0.39 is 36.4 Å². The molecule has 0 bridgehead atoms. The maximum absolute atomic E-state index is 10.1. The van der Waals surface area contributed by atoms with Crippen molar-refractivity contribution in [3.8, 4) is 0 Å². The van der Waals surface area contributed by atoms with Crippen LogP contribution in [0.15, 0.2) is 0 Å². The van der Waals surface area contributed by atoms with Crippen molar-refractivity contribution >= 4 is 17.9 Å². The fourth-order valence-corrected chi connectivity index (χ4v) is 0.684. The molecule has 0 saturated carbocycles. The van der Waals surface area contributed by atoms with Crippen LogP contribution in [-0.4, -0.2) is 28.6 Å². The number of carbonyl (C=O) groups excluding carboxylic acids is 3. The third-order valence-electron chi connectivity index (χ3n) is 1.25. The van der Waals surface area contributed by atoms with E-state index in [0.717, 1.165) is 0 Å². The molecule has 0 aliphatic heterocycles. The summed E-state index contributed by atoms with van der Waals surface area (Å²) in [5.74, 6) is -5.98. The third kappa shape index (κ3) is 7.78. The Morgan fingerprint density at radius 3 is 1.40 bits per heavy atom. The first kappa shape index (κ1) is 20.3. The van der Waals surface area contributed by atoms with Gasteiger partial charge >= 0.3 is 46.6 Å². The second kappa shape index (κ2) is 8.09. The molecule has 0 unspecified atom stereocenters. The normalized spacial score (nSPS) is 9.40. The summed E-state index contributed by atoms with van der Waals surface area (Å²) in [6.45, 7) is 0. The molecule has 0 aliphatic rings. The molecule has 0 rings (SSSR count). The van der Waals surface area contributed by atoms with Gasteiger partial charge in [-0.25, -0.2) is 0 Å². The first-order valence-electron chi connectivity index (χ1n) is 3.11. The Kier molecular flexibility index (Phi) is 11.0. The minimum Gasteiger partial charge on any atom is -0.550 e. The van der Waals surface area contributed by atoms with E-state index in [4.69, 9.17) is 5.11 Å². The Labute approximate surface area is 117 Å². The van der Waals surface area contributed by atoms with Crippen molar-refractivity contribution in [3.63, 3.8) is 0 Å². The van der Waals surface area contributed by atoms with Gasteiger partial charge < -0.3 is 34.8 Å². The van der Waals surface area contributed by atoms with Gasteiger partial charge in [0, 0.05) is 24.8 Å². The maximum Gasteiger partial charge on any atom is 2.00 e. The summed E-state index contributed by atoms with van der Waals surface area (Å²) < 4.78 is 0. The van der Waals surface area contributed by atoms with Gasteiger partial charge in [-0.15, -0.1) is 0 Å². The minimum absolute atomic E-state index is 0. The van der Waals surface area contributed by atoms with Gasteiger partial charge in [0.25, 0.3) is 0 Å². The summed E-state index contributed by atoms with van der Waals surface area (Å²) in [5.41, 5.74) is -2.97. The van der Waals surface area contributed by atoms with Crippen molar-refractivity contribution in [1.29, 1.82) is 0 Å². The molecule has 15 heavy (non-hydrogen) atoms. The quantitative estimate of drug-likeness (QED) is 0.491. The number of carboxylic acids is 3. The molecule has 0 heterocycles. The predicted molar refractivity (Wildman–Crippen MR) is 29.2 cm³/mol. The van der Waals surface area contributed by atoms with E-state index in [2.05, 4.69) is 0 Å². The Hall–Kier alpha value is -0.111. The fourth-order valence-electron chi connectivity index (χ4n) is 0.684. The monoisotopic (exact) mass is 275 g/mol. The topological polar surface area (TPSA) is 141 Å². The van der Waals surface area contributed by atoms with E-state index >= 15 is 0 Å².